The van der Waals surface area contributed by atoms with Crippen molar-refractivity contribution in [2.24, 2.45) is 11.8 Å². The van der Waals surface area contributed by atoms with Crippen molar-refractivity contribution < 1.29 is 4.74 Å². The molecule has 4 heteroatoms. The fourth-order valence-corrected chi connectivity index (χ4v) is 2.12. The number of allylic oxidation sites excluding steroid dienone is 2. The molecule has 1 aliphatic carbocycles. The minimum absolute atomic E-state index is 0.596. The van der Waals surface area contributed by atoms with E-state index in [0.717, 1.165) is 24.1 Å². The van der Waals surface area contributed by atoms with Crippen LogP contribution in [-0.2, 0) is 0 Å². The summed E-state index contributed by atoms with van der Waals surface area (Å²) in [7, 11) is 0. The zero-order valence-electron chi connectivity index (χ0n) is 9.27. The highest BCUT2D eigenvalue weighted by Crippen LogP contribution is 2.25. The third kappa shape index (κ3) is 3.04. The van der Waals surface area contributed by atoms with Gasteiger partial charge >= 0.3 is 0 Å². The van der Waals surface area contributed by atoms with E-state index in [2.05, 4.69) is 45.0 Å². The molecule has 0 bridgehead atoms. The smallest absolute Gasteiger partial charge is 0.217 e. The second-order valence-electron chi connectivity index (χ2n) is 4.17. The van der Waals surface area contributed by atoms with Crippen LogP contribution in [0.4, 0.5) is 0 Å². The summed E-state index contributed by atoms with van der Waals surface area (Å²) < 4.78 is 6.44. The second-order valence-corrected chi connectivity index (χ2v) is 4.98. The summed E-state index contributed by atoms with van der Waals surface area (Å²) in [6.45, 7) is 3.00. The second kappa shape index (κ2) is 5.43. The van der Waals surface area contributed by atoms with Gasteiger partial charge in [0.15, 0.2) is 0 Å². The van der Waals surface area contributed by atoms with E-state index in [0.29, 0.717) is 17.7 Å². The summed E-state index contributed by atoms with van der Waals surface area (Å²) >= 11 is 3.30. The molecule has 0 fully saturated rings. The molecule has 2 unspecified atom stereocenters. The molecule has 2 rings (SSSR count). The van der Waals surface area contributed by atoms with Gasteiger partial charge in [-0.2, -0.15) is 0 Å². The van der Waals surface area contributed by atoms with Crippen LogP contribution >= 0.6 is 15.9 Å². The normalized spacial score (nSPS) is 24.4. The average Bonchev–Trinajstić information content (AvgIpc) is 2.28. The summed E-state index contributed by atoms with van der Waals surface area (Å²) in [5.74, 6) is 1.93. The van der Waals surface area contributed by atoms with Crippen molar-refractivity contribution in [2.75, 3.05) is 6.61 Å². The van der Waals surface area contributed by atoms with E-state index in [-0.39, 0.29) is 0 Å². The van der Waals surface area contributed by atoms with Gasteiger partial charge in [-0.15, -0.1) is 0 Å². The van der Waals surface area contributed by atoms with E-state index in [9.17, 15) is 0 Å². The van der Waals surface area contributed by atoms with Crippen LogP contribution in [-0.4, -0.2) is 16.6 Å². The standard InChI is InChI=1S/C12H15BrN2O/c1-9-4-2-3-5-10(9)7-16-12-6-11(13)14-8-15-12/h2-3,6,8-10H,4-5,7H2,1H3. The van der Waals surface area contributed by atoms with E-state index in [1.807, 2.05) is 0 Å². The molecular weight excluding hydrogens is 268 g/mol. The van der Waals surface area contributed by atoms with Crippen LogP contribution in [0.2, 0.25) is 0 Å². The Bertz CT molecular complexity index is 381. The van der Waals surface area contributed by atoms with Gasteiger partial charge in [-0.3, -0.25) is 0 Å². The van der Waals surface area contributed by atoms with Crippen LogP contribution in [0.15, 0.2) is 29.1 Å². The van der Waals surface area contributed by atoms with Gasteiger partial charge in [-0.05, 0) is 40.6 Å². The quantitative estimate of drug-likeness (QED) is 0.631. The molecule has 86 valence electrons. The first-order valence-electron chi connectivity index (χ1n) is 5.51. The van der Waals surface area contributed by atoms with Gasteiger partial charge < -0.3 is 4.74 Å². The molecule has 1 aromatic heterocycles. The van der Waals surface area contributed by atoms with Crippen LogP contribution in [0.25, 0.3) is 0 Å². The molecule has 0 saturated heterocycles. The summed E-state index contributed by atoms with van der Waals surface area (Å²) in [6, 6.07) is 1.79. The SMILES string of the molecule is CC1CC=CCC1COc1cc(Br)ncn1. The van der Waals surface area contributed by atoms with Gasteiger partial charge in [0.1, 0.15) is 10.9 Å². The lowest BCUT2D eigenvalue weighted by Crippen LogP contribution is -2.21. The number of nitrogens with zero attached hydrogens (tertiary/aromatic N) is 2. The first kappa shape index (κ1) is 11.6. The monoisotopic (exact) mass is 282 g/mol. The van der Waals surface area contributed by atoms with Crippen LogP contribution in [0.3, 0.4) is 0 Å². The van der Waals surface area contributed by atoms with Crippen LogP contribution < -0.4 is 4.74 Å². The molecule has 0 radical (unpaired) electrons. The number of rotatable bonds is 3. The lowest BCUT2D eigenvalue weighted by atomic mass is 9.85. The topological polar surface area (TPSA) is 35.0 Å². The Morgan fingerprint density at radius 2 is 2.19 bits per heavy atom. The van der Waals surface area contributed by atoms with E-state index in [4.69, 9.17) is 4.74 Å². The van der Waals surface area contributed by atoms with Crippen molar-refractivity contribution in [3.63, 3.8) is 0 Å². The van der Waals surface area contributed by atoms with Crippen molar-refractivity contribution in [3.05, 3.63) is 29.1 Å². The first-order chi connectivity index (χ1) is 7.75. The first-order valence-corrected chi connectivity index (χ1v) is 6.30. The zero-order chi connectivity index (χ0) is 11.4. The van der Waals surface area contributed by atoms with Crippen LogP contribution in [0.1, 0.15) is 19.8 Å². The summed E-state index contributed by atoms with van der Waals surface area (Å²) in [5.41, 5.74) is 0. The molecule has 16 heavy (non-hydrogen) atoms. The Morgan fingerprint density at radius 1 is 1.38 bits per heavy atom. The van der Waals surface area contributed by atoms with E-state index < -0.39 is 0 Å². The maximum atomic E-state index is 5.68. The molecule has 0 saturated carbocycles. The fourth-order valence-electron chi connectivity index (χ4n) is 1.83. The van der Waals surface area contributed by atoms with E-state index >= 15 is 0 Å². The molecule has 0 aliphatic heterocycles. The molecule has 1 aromatic rings. The molecule has 3 nitrogen and oxygen atoms in total. The Kier molecular flexibility index (Phi) is 3.93. The largest absolute Gasteiger partial charge is 0.477 e. The minimum Gasteiger partial charge on any atom is -0.477 e. The van der Waals surface area contributed by atoms with Gasteiger partial charge in [0.25, 0.3) is 0 Å². The van der Waals surface area contributed by atoms with Gasteiger partial charge in [0, 0.05) is 6.07 Å². The molecule has 0 amide bonds. The number of aromatic nitrogens is 2. The van der Waals surface area contributed by atoms with Gasteiger partial charge in [-0.25, -0.2) is 9.97 Å². The van der Waals surface area contributed by atoms with Gasteiger partial charge in [0.05, 0.1) is 6.61 Å². The Balaban J connectivity index is 1.89. The number of halogens is 1. The van der Waals surface area contributed by atoms with Crippen molar-refractivity contribution in [1.29, 1.82) is 0 Å². The van der Waals surface area contributed by atoms with E-state index in [1.54, 1.807) is 6.07 Å². The molecule has 0 N–H and O–H groups in total. The zero-order valence-corrected chi connectivity index (χ0v) is 10.9. The van der Waals surface area contributed by atoms with Crippen molar-refractivity contribution >= 4 is 15.9 Å². The summed E-state index contributed by atoms with van der Waals surface area (Å²) in [5, 5.41) is 0. The fraction of sp³-hybridized carbons (Fsp3) is 0.500. The number of hydrogen-bond acceptors (Lipinski definition) is 3. The van der Waals surface area contributed by atoms with Crippen molar-refractivity contribution in [3.8, 4) is 5.88 Å². The Hall–Kier alpha value is -0.900. The molecule has 1 aliphatic rings. The average molecular weight is 283 g/mol. The molecule has 0 aromatic carbocycles. The lowest BCUT2D eigenvalue weighted by molar-refractivity contribution is 0.192. The van der Waals surface area contributed by atoms with Crippen molar-refractivity contribution in [1.82, 2.24) is 9.97 Å². The minimum atomic E-state index is 0.596. The summed E-state index contributed by atoms with van der Waals surface area (Å²) in [4.78, 5) is 8.03. The molecular formula is C12H15BrN2O. The highest BCUT2D eigenvalue weighted by atomic mass is 79.9. The third-order valence-electron chi connectivity index (χ3n) is 2.97. The molecule has 1 heterocycles. The van der Waals surface area contributed by atoms with Gasteiger partial charge in [0.2, 0.25) is 5.88 Å². The lowest BCUT2D eigenvalue weighted by Gasteiger charge is -2.24. The highest BCUT2D eigenvalue weighted by molar-refractivity contribution is 9.10. The summed E-state index contributed by atoms with van der Waals surface area (Å²) in [6.07, 6.45) is 8.25. The molecule has 0 spiro atoms. The predicted molar refractivity (Wildman–Crippen MR) is 66.3 cm³/mol. The maximum absolute atomic E-state index is 5.68. The van der Waals surface area contributed by atoms with Gasteiger partial charge in [-0.1, -0.05) is 19.1 Å². The Labute approximate surface area is 104 Å². The molecule has 2 atom stereocenters. The Morgan fingerprint density at radius 3 is 2.94 bits per heavy atom. The highest BCUT2D eigenvalue weighted by Gasteiger charge is 2.18. The number of hydrogen-bond donors (Lipinski definition) is 0. The van der Waals surface area contributed by atoms with Crippen LogP contribution in [0, 0.1) is 11.8 Å². The van der Waals surface area contributed by atoms with Crippen molar-refractivity contribution in [2.45, 2.75) is 19.8 Å². The van der Waals surface area contributed by atoms with Crippen LogP contribution in [0.5, 0.6) is 5.88 Å². The maximum Gasteiger partial charge on any atom is 0.217 e. The predicted octanol–water partition coefficient (Wildman–Crippen LogP) is 3.22. The van der Waals surface area contributed by atoms with E-state index in [1.165, 1.54) is 6.33 Å². The third-order valence-corrected chi connectivity index (χ3v) is 3.41. The number of ether oxygens (including phenoxy) is 1.